The summed E-state index contributed by atoms with van der Waals surface area (Å²) < 4.78 is 0. The zero-order valence-corrected chi connectivity index (χ0v) is 19.4. The Bertz CT molecular complexity index is 1210. The van der Waals surface area contributed by atoms with Crippen molar-refractivity contribution in [3.63, 3.8) is 0 Å². The number of aromatic nitrogens is 2. The lowest BCUT2D eigenvalue weighted by molar-refractivity contribution is 0.0602. The number of nitrogens with zero attached hydrogens (tertiary/aromatic N) is 3. The molecule has 5 heteroatoms. The second-order valence-corrected chi connectivity index (χ2v) is 9.60. The Morgan fingerprint density at radius 2 is 1.76 bits per heavy atom. The lowest BCUT2D eigenvalue weighted by Crippen LogP contribution is -2.48. The minimum absolute atomic E-state index is 0.0711. The van der Waals surface area contributed by atoms with Gasteiger partial charge in [-0.1, -0.05) is 37.5 Å². The Kier molecular flexibility index (Phi) is 5.76. The van der Waals surface area contributed by atoms with E-state index in [0.717, 1.165) is 33.9 Å². The highest BCUT2D eigenvalue weighted by Crippen LogP contribution is 2.35. The highest BCUT2D eigenvalue weighted by atomic mass is 16.2. The van der Waals surface area contributed by atoms with E-state index in [2.05, 4.69) is 24.9 Å². The van der Waals surface area contributed by atoms with Crippen molar-refractivity contribution in [3.05, 3.63) is 76.2 Å². The van der Waals surface area contributed by atoms with Crippen LogP contribution in [0.15, 0.2) is 42.5 Å². The maximum absolute atomic E-state index is 13.2. The van der Waals surface area contributed by atoms with Crippen LogP contribution in [0, 0.1) is 25.2 Å². The lowest BCUT2D eigenvalue weighted by atomic mass is 9.89. The number of hydrogen-bond donors (Lipinski definition) is 1. The predicted molar refractivity (Wildman–Crippen MR) is 129 cm³/mol. The third kappa shape index (κ3) is 4.18. The van der Waals surface area contributed by atoms with Gasteiger partial charge in [-0.15, -0.1) is 0 Å². The first-order valence-corrected chi connectivity index (χ1v) is 12.0. The summed E-state index contributed by atoms with van der Waals surface area (Å²) in [4.78, 5) is 23.6. The van der Waals surface area contributed by atoms with E-state index < -0.39 is 0 Å². The molecule has 0 radical (unpaired) electrons. The number of carbonyl (C=O) groups is 1. The van der Waals surface area contributed by atoms with E-state index in [1.165, 1.54) is 37.7 Å². The topological polar surface area (TPSA) is 72.8 Å². The fraction of sp³-hybridized carbons (Fsp3) is 0.393. The first-order chi connectivity index (χ1) is 16.0. The van der Waals surface area contributed by atoms with Crippen molar-refractivity contribution in [1.29, 1.82) is 5.26 Å². The van der Waals surface area contributed by atoms with Crippen LogP contribution in [0.2, 0.25) is 0 Å². The van der Waals surface area contributed by atoms with Crippen molar-refractivity contribution in [2.45, 2.75) is 57.8 Å². The van der Waals surface area contributed by atoms with Gasteiger partial charge in [-0.3, -0.25) is 4.79 Å². The summed E-state index contributed by atoms with van der Waals surface area (Å²) in [6, 6.07) is 15.8. The van der Waals surface area contributed by atoms with E-state index in [-0.39, 0.29) is 5.91 Å². The number of imidazole rings is 1. The number of aromatic amines is 1. The zero-order chi connectivity index (χ0) is 22.9. The molecule has 2 aliphatic rings. The molecule has 33 heavy (non-hydrogen) atoms. The molecule has 0 spiro atoms. The smallest absolute Gasteiger partial charge is 0.253 e. The van der Waals surface area contributed by atoms with Gasteiger partial charge in [-0.2, -0.15) is 5.26 Å². The highest BCUT2D eigenvalue weighted by Gasteiger charge is 2.32. The van der Waals surface area contributed by atoms with Gasteiger partial charge in [0.1, 0.15) is 5.82 Å². The molecule has 1 amide bonds. The molecule has 5 rings (SSSR count). The Morgan fingerprint density at radius 3 is 2.45 bits per heavy atom. The number of aryl methyl sites for hydroxylation is 2. The van der Waals surface area contributed by atoms with Crippen LogP contribution >= 0.6 is 0 Å². The van der Waals surface area contributed by atoms with Crippen molar-refractivity contribution in [2.24, 2.45) is 0 Å². The molecule has 2 heterocycles. The Balaban J connectivity index is 1.32. The number of likely N-dealkylation sites (tertiary alicyclic amines) is 1. The maximum Gasteiger partial charge on any atom is 0.253 e. The molecule has 1 aliphatic carbocycles. The monoisotopic (exact) mass is 438 g/mol. The van der Waals surface area contributed by atoms with Crippen molar-refractivity contribution < 1.29 is 4.79 Å². The highest BCUT2D eigenvalue weighted by molar-refractivity contribution is 5.96. The lowest BCUT2D eigenvalue weighted by Gasteiger charge is -2.39. The van der Waals surface area contributed by atoms with E-state index >= 15 is 0 Å². The van der Waals surface area contributed by atoms with Gasteiger partial charge >= 0.3 is 0 Å². The van der Waals surface area contributed by atoms with Gasteiger partial charge in [0.05, 0.1) is 17.3 Å². The minimum atomic E-state index is 0.0711. The van der Waals surface area contributed by atoms with E-state index in [1.807, 2.05) is 47.4 Å². The van der Waals surface area contributed by atoms with E-state index in [4.69, 9.17) is 10.2 Å². The quantitative estimate of drug-likeness (QED) is 0.555. The molecule has 1 saturated heterocycles. The standard InChI is InChI=1S/C28H30N4O/c1-18-8-11-23(28(33)32-16-24(17-32)21-12-9-20(15-29)10-13-21)14-25(18)26-19(2)30-27(31-26)22-6-4-3-5-7-22/h8-14,22,24H,3-7,16-17H2,1-2H3,(H,30,31). The van der Waals surface area contributed by atoms with Gasteiger partial charge in [0.2, 0.25) is 0 Å². The first kappa shape index (κ1) is 21.5. The van der Waals surface area contributed by atoms with Gasteiger partial charge in [0, 0.05) is 41.7 Å². The summed E-state index contributed by atoms with van der Waals surface area (Å²) in [6.07, 6.45) is 6.30. The largest absolute Gasteiger partial charge is 0.345 e. The molecule has 0 bridgehead atoms. The third-order valence-corrected chi connectivity index (χ3v) is 7.31. The Labute approximate surface area is 195 Å². The summed E-state index contributed by atoms with van der Waals surface area (Å²) in [5.41, 5.74) is 6.80. The molecule has 5 nitrogen and oxygen atoms in total. The summed E-state index contributed by atoms with van der Waals surface area (Å²) >= 11 is 0. The minimum Gasteiger partial charge on any atom is -0.345 e. The number of hydrogen-bond acceptors (Lipinski definition) is 3. The van der Waals surface area contributed by atoms with Crippen molar-refractivity contribution >= 4 is 5.91 Å². The van der Waals surface area contributed by atoms with Crippen molar-refractivity contribution in [1.82, 2.24) is 14.9 Å². The molecule has 1 saturated carbocycles. The average molecular weight is 439 g/mol. The van der Waals surface area contributed by atoms with Crippen LogP contribution in [-0.2, 0) is 0 Å². The molecule has 168 valence electrons. The summed E-state index contributed by atoms with van der Waals surface area (Å²) in [7, 11) is 0. The number of carbonyl (C=O) groups excluding carboxylic acids is 1. The molecular weight excluding hydrogens is 408 g/mol. The number of nitrogens with one attached hydrogen (secondary N) is 1. The average Bonchev–Trinajstić information content (AvgIpc) is 3.20. The summed E-state index contributed by atoms with van der Waals surface area (Å²) in [5, 5.41) is 8.98. The van der Waals surface area contributed by atoms with E-state index in [9.17, 15) is 4.79 Å². The second-order valence-electron chi connectivity index (χ2n) is 9.60. The molecule has 2 aromatic carbocycles. The number of amides is 1. The molecule has 3 aromatic rings. The van der Waals surface area contributed by atoms with E-state index in [1.54, 1.807) is 0 Å². The maximum atomic E-state index is 13.2. The SMILES string of the molecule is Cc1ccc(C(=O)N2CC(c3ccc(C#N)cc3)C2)cc1-c1nc(C2CCCCC2)[nH]c1C. The number of nitriles is 1. The zero-order valence-electron chi connectivity index (χ0n) is 19.4. The van der Waals surface area contributed by atoms with Crippen molar-refractivity contribution in [3.8, 4) is 17.3 Å². The molecule has 0 atom stereocenters. The number of rotatable bonds is 4. The fourth-order valence-electron chi connectivity index (χ4n) is 5.19. The number of benzene rings is 2. The van der Waals surface area contributed by atoms with Gasteiger partial charge in [-0.25, -0.2) is 4.98 Å². The van der Waals surface area contributed by atoms with Crippen LogP contribution in [0.4, 0.5) is 0 Å². The molecule has 1 aromatic heterocycles. The number of H-pyrrole nitrogens is 1. The molecule has 2 fully saturated rings. The van der Waals surface area contributed by atoms with Crippen LogP contribution in [0.3, 0.4) is 0 Å². The fourth-order valence-corrected chi connectivity index (χ4v) is 5.19. The summed E-state index contributed by atoms with van der Waals surface area (Å²) in [6.45, 7) is 5.59. The van der Waals surface area contributed by atoms with Crippen LogP contribution in [-0.4, -0.2) is 33.9 Å². The Morgan fingerprint density at radius 1 is 1.03 bits per heavy atom. The van der Waals surface area contributed by atoms with Gasteiger partial charge in [-0.05, 0) is 62.1 Å². The normalized spacial score (nSPS) is 16.9. The van der Waals surface area contributed by atoms with Crippen LogP contribution < -0.4 is 0 Å². The van der Waals surface area contributed by atoms with E-state index in [0.29, 0.717) is 30.5 Å². The Hall–Kier alpha value is -3.39. The van der Waals surface area contributed by atoms with Crippen LogP contribution in [0.25, 0.3) is 11.3 Å². The molecule has 1 N–H and O–H groups in total. The van der Waals surface area contributed by atoms with Gasteiger partial charge in [0.15, 0.2) is 0 Å². The van der Waals surface area contributed by atoms with Crippen LogP contribution in [0.5, 0.6) is 0 Å². The molecular formula is C28H30N4O. The predicted octanol–water partition coefficient (Wildman–Crippen LogP) is 5.85. The van der Waals surface area contributed by atoms with Crippen LogP contribution in [0.1, 0.15) is 82.5 Å². The van der Waals surface area contributed by atoms with Gasteiger partial charge in [0.25, 0.3) is 5.91 Å². The summed E-state index contributed by atoms with van der Waals surface area (Å²) in [5.74, 6) is 2.03. The van der Waals surface area contributed by atoms with Gasteiger partial charge < -0.3 is 9.88 Å². The molecule has 0 unspecified atom stereocenters. The first-order valence-electron chi connectivity index (χ1n) is 12.0. The molecule has 1 aliphatic heterocycles. The second kappa shape index (κ2) is 8.86. The van der Waals surface area contributed by atoms with Crippen molar-refractivity contribution in [2.75, 3.05) is 13.1 Å². The third-order valence-electron chi connectivity index (χ3n) is 7.31.